The van der Waals surface area contributed by atoms with Crippen LogP contribution in [0.25, 0.3) is 20.9 Å². The number of anilines is 4. The highest BCUT2D eigenvalue weighted by molar-refractivity contribution is 7.20. The van der Waals surface area contributed by atoms with Crippen LogP contribution in [-0.4, -0.2) is 54.3 Å². The lowest BCUT2D eigenvalue weighted by atomic mass is 9.91. The van der Waals surface area contributed by atoms with Crippen molar-refractivity contribution in [3.8, 4) is 10.6 Å². The summed E-state index contributed by atoms with van der Waals surface area (Å²) in [5.41, 5.74) is 13.4. The van der Waals surface area contributed by atoms with Crippen molar-refractivity contribution in [3.63, 3.8) is 0 Å². The largest absolute Gasteiger partial charge is 0.439 e. The summed E-state index contributed by atoms with van der Waals surface area (Å²) in [4.78, 5) is 36.2. The van der Waals surface area contributed by atoms with E-state index in [1.54, 1.807) is 24.4 Å². The van der Waals surface area contributed by atoms with Gasteiger partial charge in [-0.25, -0.2) is 9.97 Å². The van der Waals surface area contributed by atoms with Gasteiger partial charge in [-0.1, -0.05) is 24.2 Å². The number of nitrogens with two attached hydrogens (primary N) is 2. The number of carbonyl (C=O) groups excluding carboxylic acids is 1. The number of rotatable bonds is 7. The smallest absolute Gasteiger partial charge is 0.252 e. The number of fused-ring (bicyclic) bond motifs is 1. The first-order chi connectivity index (χ1) is 19.0. The Balaban J connectivity index is 1.28. The summed E-state index contributed by atoms with van der Waals surface area (Å²) in [6, 6.07) is 5.13. The second kappa shape index (κ2) is 10.9. The minimum absolute atomic E-state index is 0.0566. The van der Waals surface area contributed by atoms with E-state index in [2.05, 4.69) is 20.6 Å². The molecule has 1 amide bonds. The minimum atomic E-state index is -0.586. The van der Waals surface area contributed by atoms with Gasteiger partial charge in [-0.15, -0.1) is 11.3 Å². The van der Waals surface area contributed by atoms with Crippen LogP contribution >= 0.6 is 22.7 Å². The number of nitrogens with zero attached hydrogens (tertiary/aromatic N) is 3. The van der Waals surface area contributed by atoms with Gasteiger partial charge in [0.2, 0.25) is 5.43 Å². The van der Waals surface area contributed by atoms with Gasteiger partial charge in [0.1, 0.15) is 26.3 Å². The Hall–Kier alpha value is -3.52. The number of carbonyl (C=O) groups is 1. The Morgan fingerprint density at radius 1 is 1.18 bits per heavy atom. The fraction of sp³-hybridized carbons (Fsp3) is 0.385. The first kappa shape index (κ1) is 25.7. The third kappa shape index (κ3) is 5.35. The Bertz CT molecular complexity index is 1560. The summed E-state index contributed by atoms with van der Waals surface area (Å²) < 4.78 is 12.2. The van der Waals surface area contributed by atoms with E-state index in [0.717, 1.165) is 31.2 Å². The van der Waals surface area contributed by atoms with Crippen molar-refractivity contribution in [1.82, 2.24) is 9.97 Å². The van der Waals surface area contributed by atoms with E-state index in [1.165, 1.54) is 22.7 Å². The molecule has 0 aromatic carbocycles. The van der Waals surface area contributed by atoms with E-state index >= 15 is 0 Å². The molecule has 11 nitrogen and oxygen atoms in total. The number of thiophene rings is 1. The van der Waals surface area contributed by atoms with Crippen LogP contribution in [0.2, 0.25) is 0 Å². The Morgan fingerprint density at radius 2 is 2.00 bits per heavy atom. The summed E-state index contributed by atoms with van der Waals surface area (Å²) in [6.45, 7) is 2.50. The zero-order chi connectivity index (χ0) is 26.9. The second-order valence-corrected chi connectivity index (χ2v) is 11.6. The maximum absolute atomic E-state index is 12.8. The van der Waals surface area contributed by atoms with Gasteiger partial charge in [0.15, 0.2) is 11.5 Å². The van der Waals surface area contributed by atoms with Gasteiger partial charge in [0.05, 0.1) is 30.5 Å². The Morgan fingerprint density at radius 3 is 2.79 bits per heavy atom. The quantitative estimate of drug-likeness (QED) is 0.259. The lowest BCUT2D eigenvalue weighted by Gasteiger charge is -2.29. The molecule has 2 aliphatic rings. The number of ether oxygens (including phenoxy) is 1. The van der Waals surface area contributed by atoms with Crippen molar-refractivity contribution in [2.24, 2.45) is 11.5 Å². The van der Waals surface area contributed by atoms with Gasteiger partial charge in [0.25, 0.3) is 5.91 Å². The van der Waals surface area contributed by atoms with E-state index in [1.807, 2.05) is 10.3 Å². The standard InChI is InChI=1S/C26H29N7O4S2/c27-16-3-1-2-4-17(16)30-19-6-5-14(24(28)35)25(31-19)32-20-12-29-26(39-20)15-13-38-23-18(34)11-21(37-22(15)23)33-7-9-36-10-8-33/h5-6,11-13,16-17H,1-4,7-10,27H2,(H2,28,35)(H2,30,31,32)/t16-,17+/m1/s1. The molecule has 1 aliphatic carbocycles. The summed E-state index contributed by atoms with van der Waals surface area (Å²) in [5, 5.41) is 9.85. The van der Waals surface area contributed by atoms with E-state index < -0.39 is 5.91 Å². The van der Waals surface area contributed by atoms with Gasteiger partial charge in [-0.3, -0.25) is 9.59 Å². The van der Waals surface area contributed by atoms with Gasteiger partial charge in [-0.05, 0) is 25.0 Å². The maximum Gasteiger partial charge on any atom is 0.252 e. The number of thiazole rings is 1. The number of hydrogen-bond donors (Lipinski definition) is 4. The molecule has 1 aliphatic heterocycles. The summed E-state index contributed by atoms with van der Waals surface area (Å²) in [5.74, 6) is 0.902. The Labute approximate surface area is 232 Å². The molecule has 1 saturated heterocycles. The molecule has 204 valence electrons. The van der Waals surface area contributed by atoms with E-state index in [4.69, 9.17) is 20.6 Å². The van der Waals surface area contributed by atoms with Gasteiger partial charge in [0, 0.05) is 36.6 Å². The highest BCUT2D eigenvalue weighted by atomic mass is 32.1. The van der Waals surface area contributed by atoms with Crippen LogP contribution in [0.3, 0.4) is 0 Å². The molecule has 2 fully saturated rings. The van der Waals surface area contributed by atoms with E-state index in [-0.39, 0.29) is 23.1 Å². The van der Waals surface area contributed by atoms with Crippen LogP contribution in [-0.2, 0) is 4.74 Å². The lowest BCUT2D eigenvalue weighted by molar-refractivity contribution is 0.100. The lowest BCUT2D eigenvalue weighted by Crippen LogP contribution is -2.42. The molecule has 1 saturated carbocycles. The molecule has 0 bridgehead atoms. The molecule has 6 N–H and O–H groups in total. The third-order valence-corrected chi connectivity index (χ3v) is 8.97. The third-order valence-electron chi connectivity index (χ3n) is 7.04. The van der Waals surface area contributed by atoms with Gasteiger partial charge >= 0.3 is 0 Å². The molecule has 0 spiro atoms. The molecule has 0 radical (unpaired) electrons. The molecular weight excluding hydrogens is 538 g/mol. The van der Waals surface area contributed by atoms with Crippen LogP contribution < -0.4 is 32.4 Å². The zero-order valence-corrected chi connectivity index (χ0v) is 22.8. The van der Waals surface area contributed by atoms with Gasteiger partial charge in [-0.2, -0.15) is 0 Å². The molecule has 39 heavy (non-hydrogen) atoms. The zero-order valence-electron chi connectivity index (χ0n) is 21.1. The Kier molecular flexibility index (Phi) is 7.21. The van der Waals surface area contributed by atoms with Crippen LogP contribution in [0.5, 0.6) is 0 Å². The number of nitrogens with one attached hydrogen (secondary N) is 2. The number of amides is 1. The summed E-state index contributed by atoms with van der Waals surface area (Å²) in [6.07, 6.45) is 5.85. The number of hydrogen-bond acceptors (Lipinski definition) is 12. The predicted molar refractivity (Wildman–Crippen MR) is 154 cm³/mol. The van der Waals surface area contributed by atoms with Crippen molar-refractivity contribution >= 4 is 61.4 Å². The highest BCUT2D eigenvalue weighted by Gasteiger charge is 2.23. The fourth-order valence-corrected chi connectivity index (χ4v) is 6.74. The topological polar surface area (TPSA) is 162 Å². The molecule has 6 rings (SSSR count). The molecule has 4 aromatic rings. The number of primary amides is 1. The monoisotopic (exact) mass is 567 g/mol. The molecule has 13 heteroatoms. The van der Waals surface area contributed by atoms with E-state index in [0.29, 0.717) is 64.1 Å². The first-order valence-corrected chi connectivity index (χ1v) is 14.6. The molecule has 0 unspecified atom stereocenters. The predicted octanol–water partition coefficient (Wildman–Crippen LogP) is 3.73. The minimum Gasteiger partial charge on any atom is -0.439 e. The molecule has 4 aromatic heterocycles. The van der Waals surface area contributed by atoms with Crippen molar-refractivity contribution in [3.05, 3.63) is 45.6 Å². The van der Waals surface area contributed by atoms with Crippen LogP contribution in [0.4, 0.5) is 22.5 Å². The average Bonchev–Trinajstić information content (AvgIpc) is 3.58. The summed E-state index contributed by atoms with van der Waals surface area (Å²) >= 11 is 2.70. The van der Waals surface area contributed by atoms with Crippen LogP contribution in [0.15, 0.2) is 39.0 Å². The number of pyridine rings is 1. The summed E-state index contributed by atoms with van der Waals surface area (Å²) in [7, 11) is 0. The first-order valence-electron chi connectivity index (χ1n) is 12.9. The van der Waals surface area contributed by atoms with Crippen molar-refractivity contribution < 1.29 is 13.9 Å². The maximum atomic E-state index is 12.8. The molecule has 2 atom stereocenters. The van der Waals surface area contributed by atoms with E-state index in [9.17, 15) is 9.59 Å². The van der Waals surface area contributed by atoms with Crippen molar-refractivity contribution in [2.45, 2.75) is 37.8 Å². The average molecular weight is 568 g/mol. The normalized spacial score (nSPS) is 19.8. The van der Waals surface area contributed by atoms with Crippen molar-refractivity contribution in [2.75, 3.05) is 41.8 Å². The second-order valence-electron chi connectivity index (χ2n) is 9.67. The van der Waals surface area contributed by atoms with Crippen LogP contribution in [0, 0.1) is 0 Å². The number of morpholine rings is 1. The molecular formula is C26H29N7O4S2. The SMILES string of the molecule is NC(=O)c1ccc(N[C@H]2CCCC[C@H]2N)nc1Nc1cnc(-c2csc3c(=O)cc(N4CCOCC4)oc23)s1. The van der Waals surface area contributed by atoms with Gasteiger partial charge < -0.3 is 36.2 Å². The highest BCUT2D eigenvalue weighted by Crippen LogP contribution is 2.38. The van der Waals surface area contributed by atoms with Crippen molar-refractivity contribution in [1.29, 1.82) is 0 Å². The van der Waals surface area contributed by atoms with Crippen LogP contribution in [0.1, 0.15) is 36.0 Å². The number of aromatic nitrogens is 2. The fourth-order valence-electron chi connectivity index (χ4n) is 4.95. The molecule has 5 heterocycles.